The van der Waals surface area contributed by atoms with Gasteiger partial charge in [-0.25, -0.2) is 8.42 Å². The average Bonchev–Trinajstić information content (AvgIpc) is 2.80. The Bertz CT molecular complexity index is 1140. The molecule has 0 spiro atoms. The fourth-order valence-corrected chi connectivity index (χ4v) is 5.54. The molecular weight excluding hydrogens is 430 g/mol. The van der Waals surface area contributed by atoms with Gasteiger partial charge in [-0.05, 0) is 56.0 Å². The summed E-state index contributed by atoms with van der Waals surface area (Å²) in [6.07, 6.45) is 1.08. The minimum Gasteiger partial charge on any atom is -0.479 e. The third kappa shape index (κ3) is 4.35. The number of piperidine rings is 1. The van der Waals surface area contributed by atoms with Gasteiger partial charge in [-0.1, -0.05) is 25.1 Å². The second-order valence-electron chi connectivity index (χ2n) is 8.09. The van der Waals surface area contributed by atoms with E-state index in [0.29, 0.717) is 24.3 Å². The maximum absolute atomic E-state index is 13.1. The minimum atomic E-state index is -3.75. The Labute approximate surface area is 188 Å². The lowest BCUT2D eigenvalue weighted by Gasteiger charge is -2.31. The third-order valence-electron chi connectivity index (χ3n) is 6.00. The van der Waals surface area contributed by atoms with Gasteiger partial charge in [0.15, 0.2) is 6.10 Å². The molecule has 2 aromatic rings. The Morgan fingerprint density at radius 3 is 2.62 bits per heavy atom. The molecule has 2 aromatic carbocycles. The summed E-state index contributed by atoms with van der Waals surface area (Å²) in [7, 11) is -3.75. The molecule has 2 N–H and O–H groups in total. The van der Waals surface area contributed by atoms with E-state index in [1.54, 1.807) is 13.0 Å². The number of aryl methyl sites for hydroxylation is 1. The van der Waals surface area contributed by atoms with E-state index in [4.69, 9.17) is 4.74 Å². The van der Waals surface area contributed by atoms with Gasteiger partial charge in [0.05, 0.1) is 10.6 Å². The first-order chi connectivity index (χ1) is 15.3. The molecule has 0 aliphatic carbocycles. The van der Waals surface area contributed by atoms with Crippen molar-refractivity contribution < 1.29 is 22.7 Å². The monoisotopic (exact) mass is 457 g/mol. The molecule has 1 saturated heterocycles. The van der Waals surface area contributed by atoms with E-state index in [1.165, 1.54) is 16.4 Å². The molecule has 0 radical (unpaired) electrons. The van der Waals surface area contributed by atoms with Crippen LogP contribution in [0, 0.1) is 5.92 Å². The molecule has 8 nitrogen and oxygen atoms in total. The van der Waals surface area contributed by atoms with Crippen molar-refractivity contribution in [2.45, 2.75) is 44.1 Å². The first-order valence-electron chi connectivity index (χ1n) is 10.8. The SMILES string of the molecule is CCc1ccccc1NC(=O)C1CCN(S(=O)(=O)c2ccc3c(c2)NC(=O)[C@@H](C)O3)CC1. The van der Waals surface area contributed by atoms with E-state index in [1.807, 2.05) is 31.2 Å². The zero-order valence-corrected chi connectivity index (χ0v) is 18.9. The van der Waals surface area contributed by atoms with E-state index < -0.39 is 16.1 Å². The molecule has 0 bridgehead atoms. The summed E-state index contributed by atoms with van der Waals surface area (Å²) in [5.41, 5.74) is 2.22. The summed E-state index contributed by atoms with van der Waals surface area (Å²) in [4.78, 5) is 24.7. The van der Waals surface area contributed by atoms with Crippen LogP contribution >= 0.6 is 0 Å². The lowest BCUT2D eigenvalue weighted by atomic mass is 9.97. The van der Waals surface area contributed by atoms with Crippen molar-refractivity contribution in [1.82, 2.24) is 4.31 Å². The molecule has 2 aliphatic rings. The number of fused-ring (bicyclic) bond motifs is 1. The van der Waals surface area contributed by atoms with Crippen molar-refractivity contribution in [2.24, 2.45) is 5.92 Å². The van der Waals surface area contributed by atoms with Crippen molar-refractivity contribution >= 4 is 33.2 Å². The molecule has 2 aliphatic heterocycles. The minimum absolute atomic E-state index is 0.0780. The molecule has 4 rings (SSSR count). The number of amides is 2. The van der Waals surface area contributed by atoms with Gasteiger partial charge < -0.3 is 15.4 Å². The van der Waals surface area contributed by atoms with Crippen LogP contribution in [0.25, 0.3) is 0 Å². The molecule has 2 amide bonds. The van der Waals surface area contributed by atoms with Gasteiger partial charge >= 0.3 is 0 Å². The van der Waals surface area contributed by atoms with Gasteiger partial charge in [0.1, 0.15) is 5.75 Å². The van der Waals surface area contributed by atoms with Crippen LogP contribution in [0.15, 0.2) is 47.4 Å². The number of sulfonamides is 1. The number of hydrogen-bond donors (Lipinski definition) is 2. The standard InChI is InChI=1S/C23H27N3O5S/c1-3-16-6-4-5-7-19(16)24-23(28)17-10-12-26(13-11-17)32(29,30)18-8-9-21-20(14-18)25-22(27)15(2)31-21/h4-9,14-15,17H,3,10-13H2,1-2H3,(H,24,28)(H,25,27)/t15-/m1/s1. The van der Waals surface area contributed by atoms with Gasteiger partial charge in [0.25, 0.3) is 5.91 Å². The lowest BCUT2D eigenvalue weighted by Crippen LogP contribution is -2.41. The zero-order valence-electron chi connectivity index (χ0n) is 18.1. The fraction of sp³-hybridized carbons (Fsp3) is 0.391. The highest BCUT2D eigenvalue weighted by atomic mass is 32.2. The molecule has 9 heteroatoms. The Balaban J connectivity index is 1.42. The number of benzene rings is 2. The summed E-state index contributed by atoms with van der Waals surface area (Å²) < 4.78 is 33.2. The Kier molecular flexibility index (Phi) is 6.21. The van der Waals surface area contributed by atoms with Gasteiger partial charge in [0, 0.05) is 24.7 Å². The molecule has 2 heterocycles. The molecular formula is C23H27N3O5S. The van der Waals surface area contributed by atoms with Crippen molar-refractivity contribution in [3.8, 4) is 5.75 Å². The third-order valence-corrected chi connectivity index (χ3v) is 7.90. The first kappa shape index (κ1) is 22.3. The number of para-hydroxylation sites is 1. The van der Waals surface area contributed by atoms with Crippen molar-refractivity contribution in [3.63, 3.8) is 0 Å². The van der Waals surface area contributed by atoms with E-state index in [2.05, 4.69) is 10.6 Å². The Morgan fingerprint density at radius 1 is 1.19 bits per heavy atom. The molecule has 0 aromatic heterocycles. The maximum Gasteiger partial charge on any atom is 0.265 e. The van der Waals surface area contributed by atoms with E-state index in [0.717, 1.165) is 17.7 Å². The van der Waals surface area contributed by atoms with Gasteiger partial charge in [-0.15, -0.1) is 0 Å². The number of rotatable bonds is 5. The van der Waals surface area contributed by atoms with Gasteiger partial charge in [-0.3, -0.25) is 9.59 Å². The number of hydrogen-bond acceptors (Lipinski definition) is 5. The highest BCUT2D eigenvalue weighted by Crippen LogP contribution is 2.33. The van der Waals surface area contributed by atoms with Crippen LogP contribution in [0.1, 0.15) is 32.3 Å². The smallest absolute Gasteiger partial charge is 0.265 e. The van der Waals surface area contributed by atoms with E-state index >= 15 is 0 Å². The number of anilines is 2. The number of carbonyl (C=O) groups is 2. The summed E-state index contributed by atoms with van der Waals surface area (Å²) in [5, 5.41) is 5.68. The largest absolute Gasteiger partial charge is 0.479 e. The molecule has 170 valence electrons. The second kappa shape index (κ2) is 8.91. The van der Waals surface area contributed by atoms with Crippen LogP contribution in [0.2, 0.25) is 0 Å². The summed E-state index contributed by atoms with van der Waals surface area (Å²) in [6.45, 7) is 4.18. The molecule has 0 saturated carbocycles. The van der Waals surface area contributed by atoms with Crippen LogP contribution in [-0.2, 0) is 26.0 Å². The van der Waals surface area contributed by atoms with Crippen LogP contribution in [0.3, 0.4) is 0 Å². The number of carbonyl (C=O) groups excluding carboxylic acids is 2. The molecule has 0 unspecified atom stereocenters. The normalized spacial score (nSPS) is 19.6. The van der Waals surface area contributed by atoms with Crippen LogP contribution in [0.4, 0.5) is 11.4 Å². The Hall–Kier alpha value is -2.91. The topological polar surface area (TPSA) is 105 Å². The maximum atomic E-state index is 13.1. The highest BCUT2D eigenvalue weighted by molar-refractivity contribution is 7.89. The zero-order chi connectivity index (χ0) is 22.9. The van der Waals surface area contributed by atoms with Crippen LogP contribution < -0.4 is 15.4 Å². The highest BCUT2D eigenvalue weighted by Gasteiger charge is 2.33. The predicted molar refractivity (Wildman–Crippen MR) is 121 cm³/mol. The summed E-state index contributed by atoms with van der Waals surface area (Å²) in [5.74, 6) is -0.197. The molecule has 32 heavy (non-hydrogen) atoms. The molecule has 1 fully saturated rings. The number of nitrogens with zero attached hydrogens (tertiary/aromatic N) is 1. The van der Waals surface area contributed by atoms with Crippen molar-refractivity contribution in [1.29, 1.82) is 0 Å². The van der Waals surface area contributed by atoms with Crippen LogP contribution in [-0.4, -0.2) is 43.7 Å². The van der Waals surface area contributed by atoms with Crippen molar-refractivity contribution in [2.75, 3.05) is 23.7 Å². The summed E-state index contributed by atoms with van der Waals surface area (Å²) in [6, 6.07) is 12.2. The van der Waals surface area contributed by atoms with E-state index in [9.17, 15) is 18.0 Å². The molecule has 1 atom stereocenters. The fourth-order valence-electron chi connectivity index (χ4n) is 4.04. The predicted octanol–water partition coefficient (Wildman–Crippen LogP) is 3.01. The lowest BCUT2D eigenvalue weighted by molar-refractivity contribution is -0.123. The summed E-state index contributed by atoms with van der Waals surface area (Å²) >= 11 is 0. The van der Waals surface area contributed by atoms with Crippen molar-refractivity contribution in [3.05, 3.63) is 48.0 Å². The van der Waals surface area contributed by atoms with Gasteiger partial charge in [-0.2, -0.15) is 4.31 Å². The first-order valence-corrected chi connectivity index (χ1v) is 12.2. The van der Waals surface area contributed by atoms with Gasteiger partial charge in [0.2, 0.25) is 15.9 Å². The quantitative estimate of drug-likeness (QED) is 0.718. The number of ether oxygens (including phenoxy) is 1. The number of nitrogens with one attached hydrogen (secondary N) is 2. The van der Waals surface area contributed by atoms with E-state index in [-0.39, 0.29) is 35.7 Å². The Morgan fingerprint density at radius 2 is 1.91 bits per heavy atom. The average molecular weight is 458 g/mol. The van der Waals surface area contributed by atoms with Crippen LogP contribution in [0.5, 0.6) is 5.75 Å². The second-order valence-corrected chi connectivity index (χ2v) is 10.0.